The van der Waals surface area contributed by atoms with Crippen LogP contribution in [0.4, 0.5) is 8.78 Å². The first-order chi connectivity index (χ1) is 11.2. The van der Waals surface area contributed by atoms with E-state index in [2.05, 4.69) is 10.6 Å². The first-order valence-electron chi connectivity index (χ1n) is 7.98. The molecule has 1 atom stereocenters. The van der Waals surface area contributed by atoms with E-state index < -0.39 is 29.1 Å². The Morgan fingerprint density at radius 3 is 2.38 bits per heavy atom. The fourth-order valence-electron chi connectivity index (χ4n) is 2.30. The minimum absolute atomic E-state index is 0.0618. The van der Waals surface area contributed by atoms with Crippen LogP contribution < -0.4 is 16.4 Å². The van der Waals surface area contributed by atoms with Crippen molar-refractivity contribution < 1.29 is 18.4 Å². The van der Waals surface area contributed by atoms with Gasteiger partial charge in [-0.05, 0) is 18.9 Å². The van der Waals surface area contributed by atoms with Crippen molar-refractivity contribution in [3.63, 3.8) is 0 Å². The maximum absolute atomic E-state index is 13.9. The first-order valence-corrected chi connectivity index (χ1v) is 7.98. The van der Waals surface area contributed by atoms with E-state index in [0.717, 1.165) is 12.1 Å². The van der Waals surface area contributed by atoms with Crippen LogP contribution in [0.15, 0.2) is 18.2 Å². The molecule has 2 amide bonds. The van der Waals surface area contributed by atoms with E-state index in [1.807, 2.05) is 13.8 Å². The highest BCUT2D eigenvalue weighted by Gasteiger charge is 2.24. The summed E-state index contributed by atoms with van der Waals surface area (Å²) in [5.41, 5.74) is 5.68. The third-order valence-corrected chi connectivity index (χ3v) is 4.15. The summed E-state index contributed by atoms with van der Waals surface area (Å²) in [6.07, 6.45) is 1.24. The SMILES string of the molecule is CCC(N)(CC)CNC(=O)CC(NC(C)=O)c1ccc(F)cc1F. The van der Waals surface area contributed by atoms with Crippen LogP contribution in [0.1, 0.15) is 51.6 Å². The molecule has 24 heavy (non-hydrogen) atoms. The number of halogens is 2. The molecular weight excluding hydrogens is 316 g/mol. The van der Waals surface area contributed by atoms with Crippen LogP contribution in [-0.4, -0.2) is 23.9 Å². The van der Waals surface area contributed by atoms with Gasteiger partial charge in [-0.15, -0.1) is 0 Å². The lowest BCUT2D eigenvalue weighted by atomic mass is 9.94. The molecule has 0 saturated carbocycles. The van der Waals surface area contributed by atoms with Crippen molar-refractivity contribution in [2.24, 2.45) is 5.73 Å². The quantitative estimate of drug-likeness (QED) is 0.677. The Labute approximate surface area is 141 Å². The minimum atomic E-state index is -0.876. The average Bonchev–Trinajstić information content (AvgIpc) is 2.51. The number of carbonyl (C=O) groups is 2. The molecule has 0 saturated heterocycles. The van der Waals surface area contributed by atoms with Crippen LogP contribution in [0.5, 0.6) is 0 Å². The average molecular weight is 341 g/mol. The second kappa shape index (κ2) is 8.73. The normalized spacial score (nSPS) is 12.6. The predicted molar refractivity (Wildman–Crippen MR) is 88.0 cm³/mol. The Bertz CT molecular complexity index is 589. The summed E-state index contributed by atoms with van der Waals surface area (Å²) in [6, 6.07) is 2.16. The highest BCUT2D eigenvalue weighted by molar-refractivity contribution is 5.79. The molecule has 0 heterocycles. The van der Waals surface area contributed by atoms with Gasteiger partial charge in [0.25, 0.3) is 0 Å². The summed E-state index contributed by atoms with van der Waals surface area (Å²) in [4.78, 5) is 23.5. The van der Waals surface area contributed by atoms with Gasteiger partial charge < -0.3 is 16.4 Å². The van der Waals surface area contributed by atoms with Gasteiger partial charge in [-0.2, -0.15) is 0 Å². The van der Waals surface area contributed by atoms with Gasteiger partial charge in [-0.3, -0.25) is 9.59 Å². The molecule has 1 unspecified atom stereocenters. The van der Waals surface area contributed by atoms with Crippen molar-refractivity contribution in [2.75, 3.05) is 6.54 Å². The van der Waals surface area contributed by atoms with Gasteiger partial charge in [0, 0.05) is 30.6 Å². The minimum Gasteiger partial charge on any atom is -0.354 e. The van der Waals surface area contributed by atoms with E-state index in [4.69, 9.17) is 5.73 Å². The van der Waals surface area contributed by atoms with E-state index in [9.17, 15) is 18.4 Å². The molecule has 0 aliphatic heterocycles. The number of hydrogen-bond donors (Lipinski definition) is 3. The Morgan fingerprint density at radius 1 is 1.25 bits per heavy atom. The van der Waals surface area contributed by atoms with Crippen molar-refractivity contribution in [3.8, 4) is 0 Å². The summed E-state index contributed by atoms with van der Waals surface area (Å²) in [7, 11) is 0. The van der Waals surface area contributed by atoms with E-state index in [0.29, 0.717) is 12.8 Å². The predicted octanol–water partition coefficient (Wildman–Crippen LogP) is 2.17. The van der Waals surface area contributed by atoms with Gasteiger partial charge in [0.1, 0.15) is 11.6 Å². The van der Waals surface area contributed by atoms with Crippen LogP contribution in [0.2, 0.25) is 0 Å². The van der Waals surface area contributed by atoms with Crippen LogP contribution >= 0.6 is 0 Å². The Balaban J connectivity index is 2.83. The Kier molecular flexibility index (Phi) is 7.28. The first kappa shape index (κ1) is 20.0. The molecular formula is C17H25F2N3O2. The molecule has 0 fully saturated rings. The number of amides is 2. The van der Waals surface area contributed by atoms with Crippen molar-refractivity contribution in [1.29, 1.82) is 0 Å². The Hall–Kier alpha value is -2.02. The molecule has 0 bridgehead atoms. The lowest BCUT2D eigenvalue weighted by molar-refractivity contribution is -0.123. The van der Waals surface area contributed by atoms with Gasteiger partial charge in [0.15, 0.2) is 0 Å². The standard InChI is InChI=1S/C17H25F2N3O2/c1-4-17(20,5-2)10-21-16(24)9-15(22-11(3)23)13-7-6-12(18)8-14(13)19/h6-8,15H,4-5,9-10,20H2,1-3H3,(H,21,24)(H,22,23). The molecule has 7 heteroatoms. The summed E-state index contributed by atoms with van der Waals surface area (Å²) >= 11 is 0. The van der Waals surface area contributed by atoms with Gasteiger partial charge in [0.2, 0.25) is 11.8 Å². The van der Waals surface area contributed by atoms with E-state index in [1.54, 1.807) is 0 Å². The zero-order valence-corrected chi connectivity index (χ0v) is 14.3. The number of nitrogens with one attached hydrogen (secondary N) is 2. The molecule has 0 radical (unpaired) electrons. The molecule has 4 N–H and O–H groups in total. The number of hydrogen-bond acceptors (Lipinski definition) is 3. The molecule has 1 aromatic carbocycles. The fraction of sp³-hybridized carbons (Fsp3) is 0.529. The second-order valence-electron chi connectivity index (χ2n) is 5.97. The van der Waals surface area contributed by atoms with E-state index >= 15 is 0 Å². The van der Waals surface area contributed by atoms with Gasteiger partial charge in [0.05, 0.1) is 12.5 Å². The van der Waals surface area contributed by atoms with Crippen LogP contribution in [-0.2, 0) is 9.59 Å². The third-order valence-electron chi connectivity index (χ3n) is 4.15. The van der Waals surface area contributed by atoms with Gasteiger partial charge in [-0.25, -0.2) is 8.78 Å². The summed E-state index contributed by atoms with van der Waals surface area (Å²) in [5.74, 6) is -2.31. The zero-order valence-electron chi connectivity index (χ0n) is 14.3. The zero-order chi connectivity index (χ0) is 18.3. The number of carbonyl (C=O) groups excluding carboxylic acids is 2. The molecule has 1 rings (SSSR count). The highest BCUT2D eigenvalue weighted by atomic mass is 19.1. The Morgan fingerprint density at radius 2 is 1.88 bits per heavy atom. The molecule has 5 nitrogen and oxygen atoms in total. The molecule has 134 valence electrons. The topological polar surface area (TPSA) is 84.2 Å². The number of rotatable bonds is 8. The van der Waals surface area contributed by atoms with Crippen LogP contribution in [0.25, 0.3) is 0 Å². The maximum atomic E-state index is 13.9. The molecule has 0 spiro atoms. The second-order valence-corrected chi connectivity index (χ2v) is 5.97. The fourth-order valence-corrected chi connectivity index (χ4v) is 2.30. The number of nitrogens with two attached hydrogens (primary N) is 1. The molecule has 0 aliphatic rings. The van der Waals surface area contributed by atoms with Gasteiger partial charge in [-0.1, -0.05) is 19.9 Å². The summed E-state index contributed by atoms with van der Waals surface area (Å²) in [6.45, 7) is 5.43. The van der Waals surface area contributed by atoms with Crippen molar-refractivity contribution in [2.45, 2.75) is 51.6 Å². The molecule has 1 aromatic rings. The monoisotopic (exact) mass is 341 g/mol. The van der Waals surface area contributed by atoms with Gasteiger partial charge >= 0.3 is 0 Å². The van der Waals surface area contributed by atoms with E-state index in [1.165, 1.54) is 13.0 Å². The lowest BCUT2D eigenvalue weighted by Gasteiger charge is -2.27. The summed E-state index contributed by atoms with van der Waals surface area (Å²) < 4.78 is 27.0. The number of benzene rings is 1. The molecule has 0 aliphatic carbocycles. The molecule has 0 aromatic heterocycles. The third kappa shape index (κ3) is 5.88. The largest absolute Gasteiger partial charge is 0.354 e. The van der Waals surface area contributed by atoms with Crippen LogP contribution in [0.3, 0.4) is 0 Å². The van der Waals surface area contributed by atoms with Crippen LogP contribution in [0, 0.1) is 11.6 Å². The van der Waals surface area contributed by atoms with Crippen molar-refractivity contribution >= 4 is 11.8 Å². The van der Waals surface area contributed by atoms with E-state index in [-0.39, 0.29) is 24.4 Å². The highest BCUT2D eigenvalue weighted by Crippen LogP contribution is 2.21. The van der Waals surface area contributed by atoms with Crippen molar-refractivity contribution in [3.05, 3.63) is 35.4 Å². The maximum Gasteiger partial charge on any atom is 0.222 e. The smallest absolute Gasteiger partial charge is 0.222 e. The summed E-state index contributed by atoms with van der Waals surface area (Å²) in [5, 5.41) is 5.24. The lowest BCUT2D eigenvalue weighted by Crippen LogP contribution is -2.49. The van der Waals surface area contributed by atoms with Crippen molar-refractivity contribution in [1.82, 2.24) is 10.6 Å².